The summed E-state index contributed by atoms with van der Waals surface area (Å²) in [6, 6.07) is 0. The van der Waals surface area contributed by atoms with Gasteiger partial charge in [0.1, 0.15) is 4.88 Å². The number of carbonyl (C=O) groups is 2. The Balaban J connectivity index is 2.57. The van der Waals surface area contributed by atoms with Gasteiger partial charge in [-0.1, -0.05) is 18.3 Å². The van der Waals surface area contributed by atoms with E-state index in [1.54, 1.807) is 18.7 Å². The summed E-state index contributed by atoms with van der Waals surface area (Å²) in [5.41, 5.74) is 0.573. The van der Waals surface area contributed by atoms with Crippen molar-refractivity contribution in [1.29, 1.82) is 0 Å². The van der Waals surface area contributed by atoms with Gasteiger partial charge in [-0.25, -0.2) is 9.78 Å². The molecule has 0 aliphatic rings. The van der Waals surface area contributed by atoms with E-state index in [4.69, 9.17) is 0 Å². The number of amides is 1. The Morgan fingerprint density at radius 2 is 2.22 bits per heavy atom. The van der Waals surface area contributed by atoms with Crippen molar-refractivity contribution in [2.45, 2.75) is 20.3 Å². The van der Waals surface area contributed by atoms with Crippen LogP contribution in [0.5, 0.6) is 0 Å². The fourth-order valence-corrected chi connectivity index (χ4v) is 2.79. The first-order chi connectivity index (χ1) is 8.58. The van der Waals surface area contributed by atoms with Gasteiger partial charge in [0.15, 0.2) is 5.13 Å². The molecule has 1 heterocycles. The Kier molecular flexibility index (Phi) is 6.14. The highest BCUT2D eigenvalue weighted by Crippen LogP contribution is 2.23. The van der Waals surface area contributed by atoms with E-state index in [-0.39, 0.29) is 5.91 Å². The minimum Gasteiger partial charge on any atom is -0.465 e. The first-order valence-electron chi connectivity index (χ1n) is 5.51. The van der Waals surface area contributed by atoms with E-state index in [1.807, 2.05) is 0 Å². The zero-order valence-electron chi connectivity index (χ0n) is 10.6. The molecule has 0 saturated heterocycles. The normalized spacial score (nSPS) is 10.2. The molecule has 0 radical (unpaired) electrons. The minimum absolute atomic E-state index is 0.0985. The number of nitrogens with one attached hydrogen (secondary N) is 1. The van der Waals surface area contributed by atoms with Gasteiger partial charge in [0.05, 0.1) is 18.6 Å². The van der Waals surface area contributed by atoms with Crippen molar-refractivity contribution in [3.8, 4) is 0 Å². The van der Waals surface area contributed by atoms with Crippen molar-refractivity contribution in [1.82, 2.24) is 4.98 Å². The lowest BCUT2D eigenvalue weighted by Gasteiger charge is -2.00. The minimum atomic E-state index is -0.425. The number of hydrogen-bond donors (Lipinski definition) is 1. The summed E-state index contributed by atoms with van der Waals surface area (Å²) in [6.45, 7) is 3.78. The molecule has 0 unspecified atom stereocenters. The summed E-state index contributed by atoms with van der Waals surface area (Å²) in [5.74, 6) is 0.835. The third kappa shape index (κ3) is 4.30. The maximum Gasteiger partial charge on any atom is 0.350 e. The summed E-state index contributed by atoms with van der Waals surface area (Å²) in [5, 5.41) is 3.12. The molecule has 100 valence electrons. The molecule has 0 saturated carbocycles. The summed E-state index contributed by atoms with van der Waals surface area (Å²) in [7, 11) is 1.32. The van der Waals surface area contributed by atoms with E-state index in [2.05, 4.69) is 22.0 Å². The number of carbonyl (C=O) groups excluding carboxylic acids is 2. The van der Waals surface area contributed by atoms with Crippen LogP contribution in [0.15, 0.2) is 0 Å². The lowest BCUT2D eigenvalue weighted by atomic mass is 10.4. The third-order valence-electron chi connectivity index (χ3n) is 2.00. The zero-order chi connectivity index (χ0) is 13.5. The molecule has 0 fully saturated rings. The predicted octanol–water partition coefficient (Wildman–Crippen LogP) is 2.32. The number of aromatic nitrogens is 1. The van der Waals surface area contributed by atoms with Gasteiger partial charge in [-0.15, -0.1) is 0 Å². The highest BCUT2D eigenvalue weighted by molar-refractivity contribution is 7.99. The van der Waals surface area contributed by atoms with E-state index in [0.717, 1.165) is 23.5 Å². The molecule has 7 heteroatoms. The fourth-order valence-electron chi connectivity index (χ4n) is 1.20. The lowest BCUT2D eigenvalue weighted by Crippen LogP contribution is -2.14. The van der Waals surface area contributed by atoms with Crippen LogP contribution in [-0.2, 0) is 9.53 Å². The molecule has 0 aliphatic carbocycles. The molecule has 0 aliphatic heterocycles. The monoisotopic (exact) mass is 288 g/mol. The molecule has 0 spiro atoms. The van der Waals surface area contributed by atoms with Gasteiger partial charge in [0.2, 0.25) is 5.91 Å². The summed E-state index contributed by atoms with van der Waals surface area (Å²) >= 11 is 2.71. The van der Waals surface area contributed by atoms with E-state index >= 15 is 0 Å². The average molecular weight is 288 g/mol. The number of aryl methyl sites for hydroxylation is 1. The van der Waals surface area contributed by atoms with E-state index < -0.39 is 5.97 Å². The number of nitrogens with zero attached hydrogens (tertiary/aromatic N) is 1. The average Bonchev–Trinajstić information content (AvgIpc) is 2.69. The SMILES string of the molecule is CCCSCC(=O)Nc1nc(C)c(C(=O)OC)s1. The number of hydrogen-bond acceptors (Lipinski definition) is 6. The Hall–Kier alpha value is -1.08. The summed E-state index contributed by atoms with van der Waals surface area (Å²) in [4.78, 5) is 27.5. The molecular formula is C11H16N2O3S2. The highest BCUT2D eigenvalue weighted by Gasteiger charge is 2.16. The van der Waals surface area contributed by atoms with Gasteiger partial charge in [0.25, 0.3) is 0 Å². The molecule has 0 aromatic carbocycles. The second kappa shape index (κ2) is 7.38. The predicted molar refractivity (Wildman–Crippen MR) is 74.4 cm³/mol. The molecule has 1 rings (SSSR count). The quantitative estimate of drug-likeness (QED) is 0.642. The van der Waals surface area contributed by atoms with Crippen molar-refractivity contribution in [3.63, 3.8) is 0 Å². The number of esters is 1. The van der Waals surface area contributed by atoms with Crippen molar-refractivity contribution < 1.29 is 14.3 Å². The van der Waals surface area contributed by atoms with Crippen LogP contribution in [0.4, 0.5) is 5.13 Å². The summed E-state index contributed by atoms with van der Waals surface area (Å²) < 4.78 is 4.63. The first kappa shape index (κ1) is 15.0. The Bertz CT molecular complexity index is 432. The molecule has 5 nitrogen and oxygen atoms in total. The Labute approximate surface area is 114 Å². The van der Waals surface area contributed by atoms with Crippen LogP contribution < -0.4 is 5.32 Å². The van der Waals surface area contributed by atoms with Crippen LogP contribution in [0.25, 0.3) is 0 Å². The van der Waals surface area contributed by atoms with Gasteiger partial charge in [-0.3, -0.25) is 4.79 Å². The largest absolute Gasteiger partial charge is 0.465 e. The van der Waals surface area contributed by atoms with Crippen LogP contribution in [0.2, 0.25) is 0 Å². The van der Waals surface area contributed by atoms with E-state index in [9.17, 15) is 9.59 Å². The first-order valence-corrected chi connectivity index (χ1v) is 7.49. The molecule has 0 bridgehead atoms. The molecule has 1 amide bonds. The van der Waals surface area contributed by atoms with Crippen molar-refractivity contribution >= 4 is 40.1 Å². The molecule has 1 aromatic rings. The summed E-state index contributed by atoms with van der Waals surface area (Å²) in [6.07, 6.45) is 1.04. The van der Waals surface area contributed by atoms with Crippen LogP contribution in [0, 0.1) is 6.92 Å². The number of thiazole rings is 1. The van der Waals surface area contributed by atoms with Crippen molar-refractivity contribution in [2.24, 2.45) is 0 Å². The van der Waals surface area contributed by atoms with Crippen LogP contribution in [0.1, 0.15) is 28.7 Å². The smallest absolute Gasteiger partial charge is 0.350 e. The van der Waals surface area contributed by atoms with Crippen LogP contribution >= 0.6 is 23.1 Å². The van der Waals surface area contributed by atoms with Crippen molar-refractivity contribution in [2.75, 3.05) is 23.9 Å². The van der Waals surface area contributed by atoms with Crippen LogP contribution in [0.3, 0.4) is 0 Å². The standard InChI is InChI=1S/C11H16N2O3S2/c1-4-5-17-6-8(14)13-11-12-7(2)9(18-11)10(15)16-3/h4-6H2,1-3H3,(H,12,13,14). The molecule has 1 aromatic heterocycles. The third-order valence-corrected chi connectivity index (χ3v) is 4.21. The number of thioether (sulfide) groups is 1. The van der Waals surface area contributed by atoms with Gasteiger partial charge >= 0.3 is 5.97 Å². The number of anilines is 1. The maximum absolute atomic E-state index is 11.6. The van der Waals surface area contributed by atoms with Gasteiger partial charge in [0, 0.05) is 0 Å². The fraction of sp³-hybridized carbons (Fsp3) is 0.545. The maximum atomic E-state index is 11.6. The molecule has 0 atom stereocenters. The topological polar surface area (TPSA) is 68.3 Å². The zero-order valence-corrected chi connectivity index (χ0v) is 12.2. The van der Waals surface area contributed by atoms with Crippen LogP contribution in [-0.4, -0.2) is 35.5 Å². The Morgan fingerprint density at radius 3 is 2.83 bits per heavy atom. The van der Waals surface area contributed by atoms with Crippen molar-refractivity contribution in [3.05, 3.63) is 10.6 Å². The van der Waals surface area contributed by atoms with E-state index in [1.165, 1.54) is 7.11 Å². The van der Waals surface area contributed by atoms with Gasteiger partial charge < -0.3 is 10.1 Å². The molecule has 18 heavy (non-hydrogen) atoms. The second-order valence-corrected chi connectivity index (χ2v) is 5.63. The second-order valence-electron chi connectivity index (χ2n) is 3.53. The van der Waals surface area contributed by atoms with Gasteiger partial charge in [-0.05, 0) is 19.1 Å². The molecule has 1 N–H and O–H groups in total. The highest BCUT2D eigenvalue weighted by atomic mass is 32.2. The lowest BCUT2D eigenvalue weighted by molar-refractivity contribution is -0.113. The Morgan fingerprint density at radius 1 is 1.50 bits per heavy atom. The van der Waals surface area contributed by atoms with E-state index in [0.29, 0.717) is 21.5 Å². The van der Waals surface area contributed by atoms with Gasteiger partial charge in [-0.2, -0.15) is 11.8 Å². The number of ether oxygens (including phenoxy) is 1. The number of methoxy groups -OCH3 is 1. The molecular weight excluding hydrogens is 272 g/mol. The number of rotatable bonds is 6.